The Balaban J connectivity index is 1.83. The van der Waals surface area contributed by atoms with Crippen molar-refractivity contribution in [2.45, 2.75) is 41.5 Å². The summed E-state index contributed by atoms with van der Waals surface area (Å²) in [7, 11) is 0. The first-order chi connectivity index (χ1) is 14.2. The van der Waals surface area contributed by atoms with Gasteiger partial charge in [-0.15, -0.1) is 22.7 Å². The highest BCUT2D eigenvalue weighted by Gasteiger charge is 2.20. The average Bonchev–Trinajstić information content (AvgIpc) is 3.15. The molecule has 0 fully saturated rings. The van der Waals surface area contributed by atoms with Gasteiger partial charge in [-0.25, -0.2) is 0 Å². The minimum Gasteiger partial charge on any atom is -0.133 e. The van der Waals surface area contributed by atoms with Gasteiger partial charge in [0.1, 0.15) is 0 Å². The summed E-state index contributed by atoms with van der Waals surface area (Å²) in [5.74, 6) is 0. The van der Waals surface area contributed by atoms with E-state index in [0.29, 0.717) is 0 Å². The molecule has 4 heteroatoms. The molecular weight excluding hydrogens is 536 g/mol. The van der Waals surface area contributed by atoms with Gasteiger partial charge < -0.3 is 0 Å². The van der Waals surface area contributed by atoms with Gasteiger partial charge in [-0.05, 0) is 119 Å². The number of rotatable bonds is 3. The van der Waals surface area contributed by atoms with Crippen molar-refractivity contribution in [3.8, 4) is 30.6 Å². The Morgan fingerprint density at radius 1 is 0.500 bits per heavy atom. The minimum atomic E-state index is 1.16. The maximum atomic E-state index is 3.85. The predicted molar refractivity (Wildman–Crippen MR) is 142 cm³/mol. The van der Waals surface area contributed by atoms with E-state index in [1.165, 1.54) is 64.0 Å². The Morgan fingerprint density at radius 2 is 0.800 bits per heavy atom. The second-order valence-electron chi connectivity index (χ2n) is 8.12. The molecule has 30 heavy (non-hydrogen) atoms. The van der Waals surface area contributed by atoms with Crippen LogP contribution < -0.4 is 0 Å². The van der Waals surface area contributed by atoms with Crippen molar-refractivity contribution in [1.82, 2.24) is 0 Å². The third-order valence-corrected chi connectivity index (χ3v) is 9.67. The van der Waals surface area contributed by atoms with Crippen LogP contribution in [0.1, 0.15) is 33.4 Å². The lowest BCUT2D eigenvalue weighted by Crippen LogP contribution is -1.87. The van der Waals surface area contributed by atoms with Crippen LogP contribution in [-0.2, 0) is 0 Å². The van der Waals surface area contributed by atoms with Gasteiger partial charge in [0.05, 0.1) is 9.75 Å². The van der Waals surface area contributed by atoms with Crippen molar-refractivity contribution in [3.63, 3.8) is 0 Å². The molecule has 0 radical (unpaired) electrons. The smallest absolute Gasteiger partial charge is 0.0602 e. The van der Waals surface area contributed by atoms with E-state index < -0.39 is 0 Å². The van der Waals surface area contributed by atoms with Crippen LogP contribution in [0.5, 0.6) is 0 Å². The lowest BCUT2D eigenvalue weighted by Gasteiger charge is -2.09. The third kappa shape index (κ3) is 4.00. The standard InChI is InChI=1S/C26H24Br2S2/c1-13-7-15(3)23(16(4)8-13)21-11-19(27)25(29-21)26-20(28)12-22(30-26)24-17(5)9-14(2)10-18(24)6/h7-12H,1-6H3. The van der Waals surface area contributed by atoms with E-state index in [4.69, 9.17) is 0 Å². The maximum absolute atomic E-state index is 3.85. The van der Waals surface area contributed by atoms with Crippen molar-refractivity contribution < 1.29 is 0 Å². The van der Waals surface area contributed by atoms with Crippen LogP contribution >= 0.6 is 54.5 Å². The van der Waals surface area contributed by atoms with Crippen LogP contribution in [-0.4, -0.2) is 0 Å². The van der Waals surface area contributed by atoms with E-state index in [2.05, 4.69) is 110 Å². The summed E-state index contributed by atoms with van der Waals surface area (Å²) in [6.45, 7) is 13.2. The predicted octanol–water partition coefficient (Wildman–Crippen LogP) is 10.2. The van der Waals surface area contributed by atoms with Crippen molar-refractivity contribution in [2.75, 3.05) is 0 Å². The van der Waals surface area contributed by atoms with Gasteiger partial charge in [0.15, 0.2) is 0 Å². The molecule has 0 amide bonds. The van der Waals surface area contributed by atoms with E-state index in [1.54, 1.807) is 0 Å². The average molecular weight is 560 g/mol. The summed E-state index contributed by atoms with van der Waals surface area (Å²) in [5, 5.41) is 0. The molecule has 0 bridgehead atoms. The van der Waals surface area contributed by atoms with Gasteiger partial charge >= 0.3 is 0 Å². The lowest BCUT2D eigenvalue weighted by molar-refractivity contribution is 1.33. The Labute approximate surface area is 204 Å². The first kappa shape index (κ1) is 22.0. The van der Waals surface area contributed by atoms with E-state index >= 15 is 0 Å². The molecule has 154 valence electrons. The molecular formula is C26H24Br2S2. The fraction of sp³-hybridized carbons (Fsp3) is 0.231. The topological polar surface area (TPSA) is 0 Å². The molecule has 0 saturated carbocycles. The summed E-state index contributed by atoms with van der Waals surface area (Å²) >= 11 is 11.4. The molecule has 0 aliphatic heterocycles. The third-order valence-electron chi connectivity index (χ3n) is 5.43. The maximum Gasteiger partial charge on any atom is 0.0602 e. The van der Waals surface area contributed by atoms with Crippen LogP contribution in [0.2, 0.25) is 0 Å². The van der Waals surface area contributed by atoms with Gasteiger partial charge in [-0.1, -0.05) is 35.4 Å². The van der Waals surface area contributed by atoms with Gasteiger partial charge in [-0.3, -0.25) is 0 Å². The summed E-state index contributed by atoms with van der Waals surface area (Å²) < 4.78 is 2.32. The summed E-state index contributed by atoms with van der Waals surface area (Å²) in [4.78, 5) is 5.21. The Morgan fingerprint density at radius 3 is 1.10 bits per heavy atom. The molecule has 2 heterocycles. The highest BCUT2D eigenvalue weighted by Crippen LogP contribution is 2.50. The van der Waals surface area contributed by atoms with Crippen molar-refractivity contribution >= 4 is 54.5 Å². The molecule has 0 aliphatic carbocycles. The summed E-state index contributed by atoms with van der Waals surface area (Å²) in [6, 6.07) is 13.7. The number of hydrogen-bond donors (Lipinski definition) is 0. The number of benzene rings is 2. The molecule has 0 atom stereocenters. The fourth-order valence-corrected chi connectivity index (χ4v) is 8.95. The Bertz CT molecular complexity index is 1130. The molecule has 0 saturated heterocycles. The van der Waals surface area contributed by atoms with Crippen LogP contribution in [0.3, 0.4) is 0 Å². The summed E-state index contributed by atoms with van der Waals surface area (Å²) in [5.41, 5.74) is 10.7. The quantitative estimate of drug-likeness (QED) is 0.234. The number of aryl methyl sites for hydroxylation is 6. The zero-order valence-corrected chi connectivity index (χ0v) is 22.8. The molecule has 2 aromatic heterocycles. The molecule has 0 aliphatic rings. The monoisotopic (exact) mass is 558 g/mol. The lowest BCUT2D eigenvalue weighted by atomic mass is 9.99. The van der Waals surface area contributed by atoms with Gasteiger partial charge in [-0.2, -0.15) is 0 Å². The first-order valence-electron chi connectivity index (χ1n) is 9.91. The normalized spacial score (nSPS) is 11.3. The largest absolute Gasteiger partial charge is 0.133 e. The van der Waals surface area contributed by atoms with Crippen LogP contribution in [0.4, 0.5) is 0 Å². The van der Waals surface area contributed by atoms with Gasteiger partial charge in [0.25, 0.3) is 0 Å². The zero-order chi connectivity index (χ0) is 21.7. The molecule has 0 unspecified atom stereocenters. The molecule has 4 rings (SSSR count). The zero-order valence-electron chi connectivity index (χ0n) is 18.0. The van der Waals surface area contributed by atoms with Crippen molar-refractivity contribution in [3.05, 3.63) is 78.7 Å². The molecule has 0 nitrogen and oxygen atoms in total. The SMILES string of the molecule is Cc1cc(C)c(-c2cc(Br)c(-c3sc(-c4c(C)cc(C)cc4C)cc3Br)s2)c(C)c1. The van der Waals surface area contributed by atoms with Crippen molar-refractivity contribution in [1.29, 1.82) is 0 Å². The van der Waals surface area contributed by atoms with E-state index in [9.17, 15) is 0 Å². The highest BCUT2D eigenvalue weighted by molar-refractivity contribution is 9.11. The van der Waals surface area contributed by atoms with Gasteiger partial charge in [0.2, 0.25) is 0 Å². The summed E-state index contributed by atoms with van der Waals surface area (Å²) in [6.07, 6.45) is 0. The second kappa shape index (κ2) is 8.38. The first-order valence-corrected chi connectivity index (χ1v) is 13.1. The highest BCUT2D eigenvalue weighted by atomic mass is 79.9. The molecule has 0 spiro atoms. The van der Waals surface area contributed by atoms with E-state index in [0.717, 1.165) is 8.95 Å². The number of halogens is 2. The van der Waals surface area contributed by atoms with Crippen LogP contribution in [0.25, 0.3) is 30.6 Å². The van der Waals surface area contributed by atoms with Crippen molar-refractivity contribution in [2.24, 2.45) is 0 Å². The van der Waals surface area contributed by atoms with Crippen LogP contribution in [0.15, 0.2) is 45.3 Å². The Kier molecular flexibility index (Phi) is 6.15. The number of hydrogen-bond acceptors (Lipinski definition) is 2. The Hall–Kier alpha value is -1.20. The van der Waals surface area contributed by atoms with Crippen LogP contribution in [0, 0.1) is 41.5 Å². The molecule has 4 aromatic rings. The second-order valence-corrected chi connectivity index (χ2v) is 11.9. The van der Waals surface area contributed by atoms with E-state index in [1.807, 2.05) is 22.7 Å². The molecule has 0 N–H and O–H groups in total. The fourth-order valence-electron chi connectivity index (χ4n) is 4.43. The molecule has 2 aromatic carbocycles. The van der Waals surface area contributed by atoms with E-state index in [-0.39, 0.29) is 0 Å². The minimum absolute atomic E-state index is 1.16. The van der Waals surface area contributed by atoms with Gasteiger partial charge in [0, 0.05) is 18.7 Å². The number of thiophene rings is 2.